The Labute approximate surface area is 89.4 Å². The van der Waals surface area contributed by atoms with E-state index in [2.05, 4.69) is 47.3 Å². The smallest absolute Gasteiger partial charge is 0.0635 e. The highest BCUT2D eigenvalue weighted by atomic mass is 79.9. The van der Waals surface area contributed by atoms with Crippen molar-refractivity contribution in [3.05, 3.63) is 11.1 Å². The molecule has 0 amide bonds. The van der Waals surface area contributed by atoms with Crippen molar-refractivity contribution >= 4 is 15.9 Å². The third-order valence-electron chi connectivity index (χ3n) is 1.56. The van der Waals surface area contributed by atoms with Gasteiger partial charge in [-0.3, -0.25) is 4.90 Å². The van der Waals surface area contributed by atoms with Gasteiger partial charge in [0.1, 0.15) is 0 Å². The molecule has 0 saturated heterocycles. The van der Waals surface area contributed by atoms with Crippen LogP contribution in [-0.4, -0.2) is 24.5 Å². The zero-order chi connectivity index (χ0) is 10.3. The third kappa shape index (κ3) is 8.01. The molecule has 0 aliphatic heterocycles. The van der Waals surface area contributed by atoms with E-state index in [1.165, 1.54) is 0 Å². The second-order valence-corrected chi connectivity index (χ2v) is 4.68. The lowest BCUT2D eigenvalue weighted by molar-refractivity contribution is 0.273. The number of nitriles is 1. The van der Waals surface area contributed by atoms with Gasteiger partial charge in [-0.05, 0) is 5.92 Å². The third-order valence-corrected chi connectivity index (χ3v) is 1.81. The van der Waals surface area contributed by atoms with Gasteiger partial charge in [0, 0.05) is 30.5 Å². The highest BCUT2D eigenvalue weighted by Crippen LogP contribution is 2.07. The van der Waals surface area contributed by atoms with Crippen LogP contribution in [-0.2, 0) is 0 Å². The van der Waals surface area contributed by atoms with E-state index in [1.807, 2.05) is 0 Å². The Balaban J connectivity index is 3.88. The molecule has 0 saturated carbocycles. The van der Waals surface area contributed by atoms with Gasteiger partial charge in [0.15, 0.2) is 0 Å². The minimum Gasteiger partial charge on any atom is -0.297 e. The van der Waals surface area contributed by atoms with E-state index in [0.717, 1.165) is 24.1 Å². The Morgan fingerprint density at radius 2 is 2.23 bits per heavy atom. The number of nitrogens with zero attached hydrogens (tertiary/aromatic N) is 2. The van der Waals surface area contributed by atoms with Gasteiger partial charge >= 0.3 is 0 Å². The summed E-state index contributed by atoms with van der Waals surface area (Å²) in [5.74, 6) is 0.630. The molecule has 0 N–H and O–H groups in total. The van der Waals surface area contributed by atoms with Crippen molar-refractivity contribution in [3.63, 3.8) is 0 Å². The molecule has 2 nitrogen and oxygen atoms in total. The van der Waals surface area contributed by atoms with Gasteiger partial charge in [-0.15, -0.1) is 0 Å². The van der Waals surface area contributed by atoms with Crippen molar-refractivity contribution in [1.29, 1.82) is 5.26 Å². The van der Waals surface area contributed by atoms with Gasteiger partial charge in [-0.1, -0.05) is 36.4 Å². The molecule has 13 heavy (non-hydrogen) atoms. The summed E-state index contributed by atoms with van der Waals surface area (Å²) in [6.45, 7) is 10.8. The van der Waals surface area contributed by atoms with Crippen molar-refractivity contribution in [2.45, 2.75) is 20.3 Å². The van der Waals surface area contributed by atoms with Gasteiger partial charge in [0.05, 0.1) is 6.07 Å². The van der Waals surface area contributed by atoms with Crippen LogP contribution < -0.4 is 0 Å². The Hall–Kier alpha value is -0.330. The molecule has 0 fully saturated rings. The monoisotopic (exact) mass is 244 g/mol. The van der Waals surface area contributed by atoms with Crippen LogP contribution in [0.5, 0.6) is 0 Å². The standard InChI is InChI=1S/C10H17BrN2/c1-9(2)7-13(6-4-5-12)8-10(3)11/h9H,3-4,6-8H2,1-2H3. The summed E-state index contributed by atoms with van der Waals surface area (Å²) < 4.78 is 0.978. The fourth-order valence-corrected chi connectivity index (χ4v) is 1.56. The Morgan fingerprint density at radius 3 is 2.62 bits per heavy atom. The summed E-state index contributed by atoms with van der Waals surface area (Å²) in [5.41, 5.74) is 0. The van der Waals surface area contributed by atoms with E-state index >= 15 is 0 Å². The van der Waals surface area contributed by atoms with Crippen LogP contribution in [0.3, 0.4) is 0 Å². The average Bonchev–Trinajstić information content (AvgIpc) is 1.98. The van der Waals surface area contributed by atoms with E-state index in [4.69, 9.17) is 5.26 Å². The lowest BCUT2D eigenvalue weighted by atomic mass is 10.2. The number of halogens is 1. The van der Waals surface area contributed by atoms with E-state index in [9.17, 15) is 0 Å². The molecule has 0 unspecified atom stereocenters. The van der Waals surface area contributed by atoms with Crippen molar-refractivity contribution in [2.24, 2.45) is 5.92 Å². The Morgan fingerprint density at radius 1 is 1.62 bits per heavy atom. The molecule has 0 aromatic rings. The molecule has 0 aliphatic carbocycles. The largest absolute Gasteiger partial charge is 0.297 e. The fourth-order valence-electron chi connectivity index (χ4n) is 1.20. The van der Waals surface area contributed by atoms with Gasteiger partial charge < -0.3 is 0 Å². The predicted molar refractivity (Wildman–Crippen MR) is 59.6 cm³/mol. The van der Waals surface area contributed by atoms with E-state index in [1.54, 1.807) is 0 Å². The maximum Gasteiger partial charge on any atom is 0.0635 e. The fraction of sp³-hybridized carbons (Fsp3) is 0.700. The van der Waals surface area contributed by atoms with Gasteiger partial charge in [-0.25, -0.2) is 0 Å². The lowest BCUT2D eigenvalue weighted by Gasteiger charge is -2.22. The number of hydrogen-bond donors (Lipinski definition) is 0. The van der Waals surface area contributed by atoms with Crippen LogP contribution in [0.4, 0.5) is 0 Å². The van der Waals surface area contributed by atoms with Gasteiger partial charge in [-0.2, -0.15) is 5.26 Å². The van der Waals surface area contributed by atoms with Crippen molar-refractivity contribution in [2.75, 3.05) is 19.6 Å². The first kappa shape index (κ1) is 12.7. The van der Waals surface area contributed by atoms with Crippen LogP contribution >= 0.6 is 15.9 Å². The first-order valence-corrected chi connectivity index (χ1v) is 5.28. The molecule has 74 valence electrons. The molecule has 3 heteroatoms. The normalized spacial score (nSPS) is 10.5. The summed E-state index contributed by atoms with van der Waals surface area (Å²) in [4.78, 5) is 2.24. The van der Waals surface area contributed by atoms with Gasteiger partial charge in [0.25, 0.3) is 0 Å². The van der Waals surface area contributed by atoms with Crippen molar-refractivity contribution in [1.82, 2.24) is 4.90 Å². The Kier molecular flexibility index (Phi) is 6.93. The van der Waals surface area contributed by atoms with Gasteiger partial charge in [0.2, 0.25) is 0 Å². The van der Waals surface area contributed by atoms with E-state index in [-0.39, 0.29) is 0 Å². The van der Waals surface area contributed by atoms with Crippen molar-refractivity contribution < 1.29 is 0 Å². The average molecular weight is 245 g/mol. The summed E-state index contributed by atoms with van der Waals surface area (Å²) in [6, 6.07) is 2.16. The molecule has 0 radical (unpaired) electrons. The molecule has 0 aromatic heterocycles. The summed E-state index contributed by atoms with van der Waals surface area (Å²) >= 11 is 3.34. The maximum atomic E-state index is 8.47. The predicted octanol–water partition coefficient (Wildman–Crippen LogP) is 2.77. The molecular formula is C10H17BrN2. The van der Waals surface area contributed by atoms with E-state index in [0.29, 0.717) is 12.3 Å². The minimum atomic E-state index is 0.590. The van der Waals surface area contributed by atoms with Crippen LogP contribution in [0.25, 0.3) is 0 Å². The number of hydrogen-bond acceptors (Lipinski definition) is 2. The quantitative estimate of drug-likeness (QED) is 0.719. The highest BCUT2D eigenvalue weighted by Gasteiger charge is 2.06. The molecular weight excluding hydrogens is 228 g/mol. The molecule has 0 bridgehead atoms. The SMILES string of the molecule is C=C(Br)CN(CCC#N)CC(C)C. The zero-order valence-corrected chi connectivity index (χ0v) is 9.97. The molecule has 0 spiro atoms. The highest BCUT2D eigenvalue weighted by molar-refractivity contribution is 9.11. The summed E-state index contributed by atoms with van der Waals surface area (Å²) in [6.07, 6.45) is 0.590. The molecule has 0 atom stereocenters. The molecule has 0 heterocycles. The number of rotatable bonds is 6. The first-order chi connectivity index (χ1) is 6.06. The van der Waals surface area contributed by atoms with Crippen LogP contribution in [0.15, 0.2) is 11.1 Å². The molecule has 0 aromatic carbocycles. The van der Waals surface area contributed by atoms with Crippen LogP contribution in [0.2, 0.25) is 0 Å². The lowest BCUT2D eigenvalue weighted by Crippen LogP contribution is -2.29. The summed E-state index contributed by atoms with van der Waals surface area (Å²) in [5, 5.41) is 8.47. The van der Waals surface area contributed by atoms with Crippen LogP contribution in [0.1, 0.15) is 20.3 Å². The maximum absolute atomic E-state index is 8.47. The van der Waals surface area contributed by atoms with Crippen molar-refractivity contribution in [3.8, 4) is 6.07 Å². The molecule has 0 aliphatic rings. The summed E-state index contributed by atoms with van der Waals surface area (Å²) in [7, 11) is 0. The molecule has 0 rings (SSSR count). The van der Waals surface area contributed by atoms with E-state index < -0.39 is 0 Å². The Bertz CT molecular complexity index is 194. The second kappa shape index (κ2) is 7.11. The second-order valence-electron chi connectivity index (χ2n) is 3.55. The zero-order valence-electron chi connectivity index (χ0n) is 8.39. The first-order valence-electron chi connectivity index (χ1n) is 4.48. The minimum absolute atomic E-state index is 0.590. The topological polar surface area (TPSA) is 27.0 Å². The van der Waals surface area contributed by atoms with Crippen LogP contribution in [0, 0.1) is 17.2 Å².